The molecule has 0 aromatic rings. The fourth-order valence-corrected chi connectivity index (χ4v) is 0.982. The highest BCUT2D eigenvalue weighted by Crippen LogP contribution is 2.16. The number of ketones is 1. The van der Waals surface area contributed by atoms with Crippen molar-refractivity contribution >= 4 is 5.78 Å². The third-order valence-corrected chi connectivity index (χ3v) is 1.70. The summed E-state index contributed by atoms with van der Waals surface area (Å²) >= 11 is 0. The smallest absolute Gasteiger partial charge is 0.341 e. The molecule has 0 fully saturated rings. The Morgan fingerprint density at radius 3 is 2.64 bits per heavy atom. The van der Waals surface area contributed by atoms with E-state index in [1.54, 1.807) is 13.8 Å². The fourth-order valence-electron chi connectivity index (χ4n) is 0.982. The molecule has 0 spiro atoms. The van der Waals surface area contributed by atoms with Gasteiger partial charge in [0, 0.05) is 10.9 Å². The normalized spacial score (nSPS) is 13.6. The van der Waals surface area contributed by atoms with Gasteiger partial charge in [-0.05, 0) is 6.92 Å². The third kappa shape index (κ3) is 3.08. The lowest BCUT2D eigenvalue weighted by molar-refractivity contribution is -0.137. The van der Waals surface area contributed by atoms with Gasteiger partial charge < -0.3 is 9.94 Å². The van der Waals surface area contributed by atoms with E-state index in [1.807, 2.05) is 0 Å². The highest BCUT2D eigenvalue weighted by molar-refractivity contribution is 5.91. The number of carbonyl (C=O) groups excluding carboxylic acids is 1. The lowest BCUT2D eigenvalue weighted by Gasteiger charge is -2.18. The van der Waals surface area contributed by atoms with Crippen LogP contribution in [-0.4, -0.2) is 18.0 Å². The minimum absolute atomic E-state index is 0.0581. The predicted octanol–water partition coefficient (Wildman–Crippen LogP) is 1.45. The van der Waals surface area contributed by atoms with E-state index in [0.717, 1.165) is 0 Å². The average Bonchev–Trinajstić information content (AvgIpc) is 2.14. The van der Waals surface area contributed by atoms with Crippen LogP contribution in [0.4, 0.5) is 0 Å². The van der Waals surface area contributed by atoms with Crippen LogP contribution >= 0.6 is 0 Å². The standard InChI is InChI=1S/C10H13NO3/c1-5-6-14-10(4,7-11-13)9(12)8(2)3/h1,8H,6H2,2-4H3. The van der Waals surface area contributed by atoms with Gasteiger partial charge >= 0.3 is 6.07 Å². The van der Waals surface area contributed by atoms with Crippen molar-refractivity contribution in [3.63, 3.8) is 0 Å². The van der Waals surface area contributed by atoms with E-state index in [9.17, 15) is 10.0 Å². The van der Waals surface area contributed by atoms with Crippen molar-refractivity contribution in [2.24, 2.45) is 5.92 Å². The molecule has 4 nitrogen and oxygen atoms in total. The maximum atomic E-state index is 11.6. The summed E-state index contributed by atoms with van der Waals surface area (Å²) in [5, 5.41) is 12.5. The van der Waals surface area contributed by atoms with Crippen LogP contribution in [-0.2, 0) is 9.53 Å². The molecule has 0 rings (SSSR count). The third-order valence-electron chi connectivity index (χ3n) is 1.70. The van der Waals surface area contributed by atoms with Gasteiger partial charge in [0.15, 0.2) is 5.78 Å². The molecule has 4 heteroatoms. The second kappa shape index (κ2) is 5.26. The first-order chi connectivity index (χ1) is 6.48. The van der Waals surface area contributed by atoms with E-state index in [0.29, 0.717) is 0 Å². The van der Waals surface area contributed by atoms with Crippen molar-refractivity contribution in [1.29, 1.82) is 0 Å². The summed E-state index contributed by atoms with van der Waals surface area (Å²) in [6.07, 6.45) is 4.99. The number of nitrogens with zero attached hydrogens (tertiary/aromatic N) is 1. The van der Waals surface area contributed by atoms with Crippen molar-refractivity contribution in [3.05, 3.63) is 10.2 Å². The predicted molar refractivity (Wildman–Crippen MR) is 53.6 cm³/mol. The van der Waals surface area contributed by atoms with Gasteiger partial charge in [-0.15, -0.1) is 6.42 Å². The molecule has 0 heterocycles. The average molecular weight is 195 g/mol. The number of hydrogen-bond acceptors (Lipinski definition) is 3. The maximum absolute atomic E-state index is 11.6. The monoisotopic (exact) mass is 195 g/mol. The minimum atomic E-state index is -1.43. The SMILES string of the molecule is C#CCOC(C)(C#[N+][O-])C(=O)C(C)C. The van der Waals surface area contributed by atoms with Crippen molar-refractivity contribution in [1.82, 2.24) is 0 Å². The molecular formula is C10H13NO3. The lowest BCUT2D eigenvalue weighted by Crippen LogP contribution is -2.40. The zero-order valence-electron chi connectivity index (χ0n) is 8.53. The lowest BCUT2D eigenvalue weighted by atomic mass is 9.93. The van der Waals surface area contributed by atoms with Crippen LogP contribution in [0.15, 0.2) is 0 Å². The first-order valence-corrected chi connectivity index (χ1v) is 4.19. The summed E-state index contributed by atoms with van der Waals surface area (Å²) in [5.74, 6) is 1.68. The van der Waals surface area contributed by atoms with E-state index in [2.05, 4.69) is 17.0 Å². The van der Waals surface area contributed by atoms with Crippen molar-refractivity contribution in [2.75, 3.05) is 6.61 Å². The fraction of sp³-hybridized carbons (Fsp3) is 0.600. The van der Waals surface area contributed by atoms with Crippen LogP contribution in [0.3, 0.4) is 0 Å². The molecule has 76 valence electrons. The zero-order valence-corrected chi connectivity index (χ0v) is 8.53. The van der Waals surface area contributed by atoms with Crippen LogP contribution in [0, 0.1) is 29.5 Å². The molecule has 0 aromatic heterocycles. The molecular weight excluding hydrogens is 182 g/mol. The van der Waals surface area contributed by atoms with Gasteiger partial charge in [0.25, 0.3) is 5.60 Å². The summed E-state index contributed by atoms with van der Waals surface area (Å²) < 4.78 is 5.05. The van der Waals surface area contributed by atoms with E-state index >= 15 is 0 Å². The number of ether oxygens (including phenoxy) is 1. The largest absolute Gasteiger partial charge is 0.498 e. The second-order valence-corrected chi connectivity index (χ2v) is 3.25. The van der Waals surface area contributed by atoms with E-state index in [1.165, 1.54) is 6.92 Å². The molecule has 0 bridgehead atoms. The molecule has 0 aliphatic rings. The Bertz CT molecular complexity index is 306. The Kier molecular flexibility index (Phi) is 4.69. The minimum Gasteiger partial charge on any atom is -0.498 e. The van der Waals surface area contributed by atoms with Crippen molar-refractivity contribution in [2.45, 2.75) is 26.4 Å². The van der Waals surface area contributed by atoms with Crippen molar-refractivity contribution < 1.29 is 9.53 Å². The van der Waals surface area contributed by atoms with Crippen LogP contribution in [0.1, 0.15) is 20.8 Å². The van der Waals surface area contributed by atoms with Gasteiger partial charge in [-0.3, -0.25) is 4.79 Å². The van der Waals surface area contributed by atoms with Gasteiger partial charge in [0.2, 0.25) is 0 Å². The first kappa shape index (κ1) is 12.5. The Morgan fingerprint density at radius 2 is 2.29 bits per heavy atom. The maximum Gasteiger partial charge on any atom is 0.341 e. The molecule has 0 saturated heterocycles. The summed E-state index contributed by atoms with van der Waals surface area (Å²) in [7, 11) is 0. The molecule has 0 amide bonds. The van der Waals surface area contributed by atoms with Gasteiger partial charge in [-0.2, -0.15) is 0 Å². The van der Waals surface area contributed by atoms with Gasteiger partial charge in [0.05, 0.1) is 0 Å². The second-order valence-electron chi connectivity index (χ2n) is 3.25. The highest BCUT2D eigenvalue weighted by atomic mass is 16.5. The van der Waals surface area contributed by atoms with E-state index < -0.39 is 5.60 Å². The van der Waals surface area contributed by atoms with Gasteiger partial charge in [-0.1, -0.05) is 19.8 Å². The molecule has 0 aromatic carbocycles. The molecule has 0 aliphatic heterocycles. The molecule has 0 radical (unpaired) electrons. The van der Waals surface area contributed by atoms with E-state index in [4.69, 9.17) is 11.2 Å². The molecule has 1 atom stereocenters. The molecule has 0 N–H and O–H groups in total. The molecule has 0 saturated carbocycles. The highest BCUT2D eigenvalue weighted by Gasteiger charge is 2.40. The van der Waals surface area contributed by atoms with Gasteiger partial charge in [0.1, 0.15) is 6.61 Å². The summed E-state index contributed by atoms with van der Waals surface area (Å²) in [6, 6.07) is 2.08. The summed E-state index contributed by atoms with van der Waals surface area (Å²) in [6.45, 7) is 4.77. The van der Waals surface area contributed by atoms with Crippen LogP contribution in [0.5, 0.6) is 0 Å². The zero-order chi connectivity index (χ0) is 11.2. The van der Waals surface area contributed by atoms with E-state index in [-0.39, 0.29) is 18.3 Å². The Hall–Kier alpha value is -1.52. The van der Waals surface area contributed by atoms with Crippen LogP contribution in [0.2, 0.25) is 0 Å². The summed E-state index contributed by atoms with van der Waals surface area (Å²) in [4.78, 5) is 11.6. The topological polar surface area (TPSA) is 53.7 Å². The number of rotatable bonds is 4. The number of Topliss-reactive ketones (excluding diaryl/α,β-unsaturated/α-hetero) is 1. The van der Waals surface area contributed by atoms with Crippen LogP contribution < -0.4 is 0 Å². The van der Waals surface area contributed by atoms with Crippen LogP contribution in [0.25, 0.3) is 5.01 Å². The molecule has 0 aliphatic carbocycles. The molecule has 1 unspecified atom stereocenters. The number of carbonyl (C=O) groups is 1. The Morgan fingerprint density at radius 1 is 1.71 bits per heavy atom. The number of terminal acetylenes is 1. The van der Waals surface area contributed by atoms with Crippen molar-refractivity contribution in [3.8, 4) is 18.4 Å². The quantitative estimate of drug-likeness (QED) is 0.504. The Balaban J connectivity index is 4.79. The Labute approximate surface area is 83.6 Å². The van der Waals surface area contributed by atoms with Gasteiger partial charge in [-0.25, -0.2) is 0 Å². The summed E-state index contributed by atoms with van der Waals surface area (Å²) in [5.41, 5.74) is -1.43. The first-order valence-electron chi connectivity index (χ1n) is 4.19. The number of hydrogen-bond donors (Lipinski definition) is 0. The molecule has 14 heavy (non-hydrogen) atoms.